The molecule has 6 heteroatoms. The molecule has 0 aromatic carbocycles. The van der Waals surface area contributed by atoms with Gasteiger partial charge < -0.3 is 11.5 Å². The molecule has 0 aliphatic carbocycles. The fourth-order valence-corrected chi connectivity index (χ4v) is 1.74. The number of amidine groups is 1. The molecule has 0 saturated carbocycles. The fraction of sp³-hybridized carbons (Fsp3) is 0.375. The molecule has 0 radical (unpaired) electrons. The van der Waals surface area contributed by atoms with E-state index in [1.54, 1.807) is 30.4 Å². The van der Waals surface area contributed by atoms with Crippen LogP contribution in [0, 0.1) is 5.92 Å². The number of fused-ring (bicyclic) bond motifs is 1. The van der Waals surface area contributed by atoms with E-state index in [-0.39, 0.29) is 5.84 Å². The minimum Gasteiger partial charge on any atom is -0.385 e. The molecule has 4 N–H and O–H groups in total. The summed E-state index contributed by atoms with van der Waals surface area (Å²) in [6.45, 7) is 1.77. The Labute approximate surface area is 81.0 Å². The summed E-state index contributed by atoms with van der Waals surface area (Å²) in [4.78, 5) is 15.4. The van der Waals surface area contributed by atoms with Gasteiger partial charge in [-0.15, -0.1) is 0 Å². The van der Waals surface area contributed by atoms with Gasteiger partial charge in [0.05, 0.1) is 0 Å². The minimum atomic E-state index is -0.787. The summed E-state index contributed by atoms with van der Waals surface area (Å²) in [5, 5.41) is 5.56. The van der Waals surface area contributed by atoms with Crippen molar-refractivity contribution in [2.75, 3.05) is 0 Å². The van der Waals surface area contributed by atoms with Crippen LogP contribution in [0.25, 0.3) is 0 Å². The summed E-state index contributed by atoms with van der Waals surface area (Å²) in [5.74, 6) is -0.962. The van der Waals surface area contributed by atoms with E-state index in [2.05, 4.69) is 10.1 Å². The largest absolute Gasteiger partial charge is 0.385 e. The Morgan fingerprint density at radius 2 is 2.43 bits per heavy atom. The monoisotopic (exact) mass is 193 g/mol. The third-order valence-corrected chi connectivity index (χ3v) is 2.46. The van der Waals surface area contributed by atoms with Gasteiger partial charge in [0.15, 0.2) is 5.66 Å². The van der Waals surface area contributed by atoms with Crippen LogP contribution in [0.15, 0.2) is 22.4 Å². The molecule has 14 heavy (non-hydrogen) atoms. The number of rotatable bonds is 1. The molecule has 0 bridgehead atoms. The Kier molecular flexibility index (Phi) is 1.60. The van der Waals surface area contributed by atoms with Gasteiger partial charge in [0.25, 0.3) is 0 Å². The van der Waals surface area contributed by atoms with Crippen LogP contribution in [0.1, 0.15) is 6.92 Å². The molecule has 2 aliphatic heterocycles. The van der Waals surface area contributed by atoms with Crippen molar-refractivity contribution in [3.8, 4) is 0 Å². The lowest BCUT2D eigenvalue weighted by Gasteiger charge is -2.32. The fourth-order valence-electron chi connectivity index (χ4n) is 1.74. The smallest absolute Gasteiger partial charge is 0.232 e. The van der Waals surface area contributed by atoms with Crippen molar-refractivity contribution in [2.45, 2.75) is 12.6 Å². The second-order valence-corrected chi connectivity index (χ2v) is 3.42. The SMILES string of the molecule is CC12N=CC=CN1N=C(N)C2C(N)=O. The van der Waals surface area contributed by atoms with Gasteiger partial charge in [-0.05, 0) is 13.0 Å². The third kappa shape index (κ3) is 0.935. The first kappa shape index (κ1) is 8.74. The van der Waals surface area contributed by atoms with Crippen LogP contribution in [-0.2, 0) is 4.79 Å². The summed E-state index contributed by atoms with van der Waals surface area (Å²) in [6.07, 6.45) is 5.05. The average molecular weight is 193 g/mol. The van der Waals surface area contributed by atoms with Gasteiger partial charge in [-0.2, -0.15) is 5.10 Å². The molecule has 2 heterocycles. The van der Waals surface area contributed by atoms with Gasteiger partial charge in [-0.25, -0.2) is 5.01 Å². The maximum Gasteiger partial charge on any atom is 0.232 e. The number of nitrogens with zero attached hydrogens (tertiary/aromatic N) is 3. The molecule has 2 atom stereocenters. The predicted molar refractivity (Wildman–Crippen MR) is 52.2 cm³/mol. The first-order valence-corrected chi connectivity index (χ1v) is 4.20. The van der Waals surface area contributed by atoms with Crippen molar-refractivity contribution < 1.29 is 4.79 Å². The molecule has 6 nitrogen and oxygen atoms in total. The van der Waals surface area contributed by atoms with Gasteiger partial charge in [0.1, 0.15) is 11.8 Å². The highest BCUT2D eigenvalue weighted by Gasteiger charge is 2.50. The van der Waals surface area contributed by atoms with Gasteiger partial charge in [0.2, 0.25) is 5.91 Å². The molecular weight excluding hydrogens is 182 g/mol. The lowest BCUT2D eigenvalue weighted by Crippen LogP contribution is -2.50. The molecule has 2 unspecified atom stereocenters. The quantitative estimate of drug-likeness (QED) is 0.558. The van der Waals surface area contributed by atoms with E-state index in [4.69, 9.17) is 11.5 Å². The van der Waals surface area contributed by atoms with Gasteiger partial charge in [-0.1, -0.05) is 0 Å². The second-order valence-electron chi connectivity index (χ2n) is 3.42. The number of primary amides is 1. The van der Waals surface area contributed by atoms with E-state index < -0.39 is 17.5 Å². The molecule has 2 aliphatic rings. The van der Waals surface area contributed by atoms with Crippen LogP contribution in [0.5, 0.6) is 0 Å². The molecule has 0 saturated heterocycles. The van der Waals surface area contributed by atoms with Gasteiger partial charge >= 0.3 is 0 Å². The Bertz CT molecular complexity index is 372. The highest BCUT2D eigenvalue weighted by atomic mass is 16.1. The topological polar surface area (TPSA) is 97.1 Å². The van der Waals surface area contributed by atoms with Crippen LogP contribution in [0.4, 0.5) is 0 Å². The van der Waals surface area contributed by atoms with E-state index in [0.29, 0.717) is 0 Å². The zero-order chi connectivity index (χ0) is 10.3. The number of allylic oxidation sites excluding steroid dienone is 1. The molecule has 0 spiro atoms. The Morgan fingerprint density at radius 1 is 1.71 bits per heavy atom. The second kappa shape index (κ2) is 2.57. The molecule has 1 amide bonds. The number of carbonyl (C=O) groups is 1. The van der Waals surface area contributed by atoms with Crippen molar-refractivity contribution in [3.05, 3.63) is 12.3 Å². The molecule has 0 aromatic rings. The molecule has 0 aromatic heterocycles. The van der Waals surface area contributed by atoms with Crippen molar-refractivity contribution in [3.63, 3.8) is 0 Å². The first-order chi connectivity index (χ1) is 6.55. The van der Waals surface area contributed by atoms with Crippen LogP contribution in [0.2, 0.25) is 0 Å². The summed E-state index contributed by atoms with van der Waals surface area (Å²) in [7, 11) is 0. The van der Waals surface area contributed by atoms with E-state index >= 15 is 0 Å². The van der Waals surface area contributed by atoms with E-state index in [9.17, 15) is 4.79 Å². The number of amides is 1. The molecule has 74 valence electrons. The third-order valence-electron chi connectivity index (χ3n) is 2.46. The van der Waals surface area contributed by atoms with Crippen molar-refractivity contribution >= 4 is 18.0 Å². The number of nitrogens with two attached hydrogens (primary N) is 2. The predicted octanol–water partition coefficient (Wildman–Crippen LogP) is -1.01. The average Bonchev–Trinajstić information content (AvgIpc) is 2.34. The van der Waals surface area contributed by atoms with Crippen molar-refractivity contribution in [2.24, 2.45) is 27.5 Å². The number of hydrogen-bond donors (Lipinski definition) is 2. The highest BCUT2D eigenvalue weighted by molar-refractivity contribution is 6.04. The molecule has 2 rings (SSSR count). The Balaban J connectivity index is 2.45. The van der Waals surface area contributed by atoms with Crippen LogP contribution < -0.4 is 11.5 Å². The van der Waals surface area contributed by atoms with Gasteiger partial charge in [-0.3, -0.25) is 9.79 Å². The maximum atomic E-state index is 11.2. The van der Waals surface area contributed by atoms with Crippen LogP contribution in [0.3, 0.4) is 0 Å². The normalized spacial score (nSPS) is 34.2. The highest BCUT2D eigenvalue weighted by Crippen LogP contribution is 2.34. The maximum absolute atomic E-state index is 11.2. The summed E-state index contributed by atoms with van der Waals surface area (Å²) < 4.78 is 0. The van der Waals surface area contributed by atoms with Crippen LogP contribution >= 0.6 is 0 Å². The zero-order valence-corrected chi connectivity index (χ0v) is 7.71. The van der Waals surface area contributed by atoms with E-state index in [1.165, 1.54) is 0 Å². The van der Waals surface area contributed by atoms with E-state index in [1.807, 2.05) is 0 Å². The molecular formula is C8H11N5O. The standard InChI is InChI=1S/C8H11N5O/c1-8-5(7(10)14)6(9)12-13(8)4-2-3-11-8/h2-5H,1H3,(H2,9,12)(H2,10,14). The summed E-state index contributed by atoms with van der Waals surface area (Å²) in [6, 6.07) is 0. The van der Waals surface area contributed by atoms with Crippen LogP contribution in [-0.4, -0.2) is 28.6 Å². The number of hydrogen-bond acceptors (Lipinski definition) is 5. The van der Waals surface area contributed by atoms with E-state index in [0.717, 1.165) is 0 Å². The number of hydrazone groups is 1. The summed E-state index contributed by atoms with van der Waals surface area (Å²) >= 11 is 0. The van der Waals surface area contributed by atoms with Crippen molar-refractivity contribution in [1.29, 1.82) is 0 Å². The lowest BCUT2D eigenvalue weighted by atomic mass is 9.93. The minimum absolute atomic E-state index is 0.212. The van der Waals surface area contributed by atoms with Crippen molar-refractivity contribution in [1.82, 2.24) is 5.01 Å². The number of carbonyl (C=O) groups excluding carboxylic acids is 1. The zero-order valence-electron chi connectivity index (χ0n) is 7.71. The Hall–Kier alpha value is -1.85. The first-order valence-electron chi connectivity index (χ1n) is 4.20. The Morgan fingerprint density at radius 3 is 3.07 bits per heavy atom. The number of aliphatic imine (C=N–C) groups is 1. The van der Waals surface area contributed by atoms with Gasteiger partial charge in [0, 0.05) is 12.4 Å². The molecule has 0 fully saturated rings. The summed E-state index contributed by atoms with van der Waals surface area (Å²) in [5.41, 5.74) is 10.1. The lowest BCUT2D eigenvalue weighted by molar-refractivity contribution is -0.122.